The quantitative estimate of drug-likeness (QED) is 0.496. The van der Waals surface area contributed by atoms with Gasteiger partial charge in [0, 0.05) is 30.3 Å². The third-order valence-corrected chi connectivity index (χ3v) is 6.93. The van der Waals surface area contributed by atoms with Crippen molar-refractivity contribution >= 4 is 18.2 Å². The number of benzene rings is 1. The maximum Gasteiger partial charge on any atom is 0.251 e. The molecule has 0 bridgehead atoms. The summed E-state index contributed by atoms with van der Waals surface area (Å²) in [6.07, 6.45) is 14.0. The first-order valence-corrected chi connectivity index (χ1v) is 12.0. The number of nitrogens with one attached hydrogen (secondary N) is 3. The molecule has 0 aromatic heterocycles. The summed E-state index contributed by atoms with van der Waals surface area (Å²) in [7, 11) is 0. The van der Waals surface area contributed by atoms with Gasteiger partial charge in [-0.15, -0.1) is 0 Å². The van der Waals surface area contributed by atoms with Crippen LogP contribution in [0.25, 0.3) is 0 Å². The van der Waals surface area contributed by atoms with Crippen LogP contribution in [0, 0.1) is 11.8 Å². The zero-order chi connectivity index (χ0) is 21.9. The second kappa shape index (κ2) is 12.5. The minimum atomic E-state index is -0.217. The summed E-state index contributed by atoms with van der Waals surface area (Å²) < 4.78 is 0. The first-order valence-electron chi connectivity index (χ1n) is 12.0. The van der Waals surface area contributed by atoms with Crippen LogP contribution in [0.15, 0.2) is 24.3 Å². The summed E-state index contributed by atoms with van der Waals surface area (Å²) in [5.41, 5.74) is 0.972. The number of hydrogen-bond acceptors (Lipinski definition) is 3. The second-order valence-electron chi connectivity index (χ2n) is 9.13. The van der Waals surface area contributed by atoms with Gasteiger partial charge in [-0.05, 0) is 49.3 Å². The fraction of sp³-hybridized carbons (Fsp3) is 0.640. The summed E-state index contributed by atoms with van der Waals surface area (Å²) in [5, 5.41) is 8.82. The van der Waals surface area contributed by atoms with E-state index in [1.807, 2.05) is 0 Å². The molecule has 2 saturated carbocycles. The molecule has 0 radical (unpaired) electrons. The molecule has 0 unspecified atom stereocenters. The molecule has 1 aromatic carbocycles. The van der Waals surface area contributed by atoms with Gasteiger partial charge in [-0.2, -0.15) is 0 Å². The van der Waals surface area contributed by atoms with E-state index in [-0.39, 0.29) is 17.9 Å². The molecule has 2 aliphatic rings. The fourth-order valence-electron chi connectivity index (χ4n) is 5.06. The average molecular weight is 428 g/mol. The normalized spacial score (nSPS) is 18.7. The van der Waals surface area contributed by atoms with Crippen LogP contribution in [-0.4, -0.2) is 37.4 Å². The van der Waals surface area contributed by atoms with Gasteiger partial charge in [-0.3, -0.25) is 14.4 Å². The van der Waals surface area contributed by atoms with E-state index in [4.69, 9.17) is 0 Å². The van der Waals surface area contributed by atoms with Gasteiger partial charge in [-0.25, -0.2) is 0 Å². The number of carbonyl (C=O) groups excluding carboxylic acids is 3. The molecule has 3 N–H and O–H groups in total. The van der Waals surface area contributed by atoms with Crippen LogP contribution >= 0.6 is 0 Å². The largest absolute Gasteiger partial charge is 0.354 e. The molecule has 2 fully saturated rings. The van der Waals surface area contributed by atoms with E-state index in [1.165, 1.54) is 51.4 Å². The standard InChI is InChI=1S/C25H37N3O3/c29-18-28-23(20-10-5-2-6-11-20)17-27-25(31)22-13-7-12-21(16-22)24(30)26-15-14-19-8-3-1-4-9-19/h7,12-13,16,18-20,23H,1-6,8-11,14-15,17H2,(H,26,30)(H,27,31)(H,28,29)/t23-/m1/s1. The van der Waals surface area contributed by atoms with Crippen LogP contribution in [0.2, 0.25) is 0 Å². The van der Waals surface area contributed by atoms with Crippen molar-refractivity contribution < 1.29 is 14.4 Å². The highest BCUT2D eigenvalue weighted by Crippen LogP contribution is 2.27. The minimum Gasteiger partial charge on any atom is -0.354 e. The van der Waals surface area contributed by atoms with Crippen molar-refractivity contribution in [3.63, 3.8) is 0 Å². The van der Waals surface area contributed by atoms with Crippen molar-refractivity contribution in [1.29, 1.82) is 0 Å². The molecule has 170 valence electrons. The summed E-state index contributed by atoms with van der Waals surface area (Å²) in [6, 6.07) is 6.80. The SMILES string of the molecule is O=CN[C@H](CNC(=O)c1cccc(C(=O)NCCC2CCCCC2)c1)C1CCCCC1. The van der Waals surface area contributed by atoms with Gasteiger partial charge < -0.3 is 16.0 Å². The molecule has 6 nitrogen and oxygen atoms in total. The van der Waals surface area contributed by atoms with Crippen molar-refractivity contribution in [2.45, 2.75) is 76.7 Å². The van der Waals surface area contributed by atoms with Crippen LogP contribution in [-0.2, 0) is 4.79 Å². The zero-order valence-corrected chi connectivity index (χ0v) is 18.5. The highest BCUT2D eigenvalue weighted by Gasteiger charge is 2.24. The van der Waals surface area contributed by atoms with E-state index >= 15 is 0 Å². The topological polar surface area (TPSA) is 87.3 Å². The summed E-state index contributed by atoms with van der Waals surface area (Å²) in [6.45, 7) is 1.08. The lowest BCUT2D eigenvalue weighted by Crippen LogP contribution is -2.45. The Kier molecular flexibility index (Phi) is 9.38. The smallest absolute Gasteiger partial charge is 0.251 e. The van der Waals surface area contributed by atoms with Gasteiger partial charge in [0.15, 0.2) is 0 Å². The minimum absolute atomic E-state index is 0.0481. The molecule has 0 saturated heterocycles. The zero-order valence-electron chi connectivity index (χ0n) is 18.5. The van der Waals surface area contributed by atoms with Gasteiger partial charge in [0.05, 0.1) is 0 Å². The van der Waals surface area contributed by atoms with Gasteiger partial charge >= 0.3 is 0 Å². The Morgan fingerprint density at radius 2 is 1.52 bits per heavy atom. The molecular formula is C25H37N3O3. The Balaban J connectivity index is 1.48. The van der Waals surface area contributed by atoms with Crippen LogP contribution in [0.3, 0.4) is 0 Å². The van der Waals surface area contributed by atoms with Crippen LogP contribution in [0.5, 0.6) is 0 Å². The van der Waals surface area contributed by atoms with E-state index < -0.39 is 0 Å². The molecule has 3 rings (SSSR count). The van der Waals surface area contributed by atoms with E-state index in [9.17, 15) is 14.4 Å². The Labute approximate surface area is 185 Å². The van der Waals surface area contributed by atoms with Crippen LogP contribution in [0.1, 0.15) is 91.3 Å². The Morgan fingerprint density at radius 1 is 0.903 bits per heavy atom. The molecule has 1 aromatic rings. The van der Waals surface area contributed by atoms with Crippen LogP contribution < -0.4 is 16.0 Å². The first kappa shape index (κ1) is 23.3. The number of hydrogen-bond donors (Lipinski definition) is 3. The highest BCUT2D eigenvalue weighted by atomic mass is 16.2. The predicted octanol–water partition coefficient (Wildman–Crippen LogP) is 3.81. The second-order valence-corrected chi connectivity index (χ2v) is 9.13. The predicted molar refractivity (Wildman–Crippen MR) is 122 cm³/mol. The van der Waals surface area contributed by atoms with Gasteiger partial charge in [0.2, 0.25) is 6.41 Å². The molecule has 3 amide bonds. The molecule has 0 heterocycles. The molecule has 6 heteroatoms. The lowest BCUT2D eigenvalue weighted by molar-refractivity contribution is -0.110. The average Bonchev–Trinajstić information content (AvgIpc) is 2.83. The van der Waals surface area contributed by atoms with Gasteiger partial charge in [0.25, 0.3) is 11.8 Å². The summed E-state index contributed by atoms with van der Waals surface area (Å²) in [4.78, 5) is 36.2. The highest BCUT2D eigenvalue weighted by molar-refractivity contribution is 5.99. The summed E-state index contributed by atoms with van der Waals surface area (Å²) >= 11 is 0. The van der Waals surface area contributed by atoms with Crippen molar-refractivity contribution in [2.75, 3.05) is 13.1 Å². The van der Waals surface area contributed by atoms with Gasteiger partial charge in [-0.1, -0.05) is 57.4 Å². The maximum atomic E-state index is 12.7. The lowest BCUT2D eigenvalue weighted by atomic mass is 9.84. The fourth-order valence-corrected chi connectivity index (χ4v) is 5.06. The number of carbonyl (C=O) groups is 3. The maximum absolute atomic E-state index is 12.7. The van der Waals surface area contributed by atoms with E-state index in [0.29, 0.717) is 30.1 Å². The first-order chi connectivity index (χ1) is 15.2. The lowest BCUT2D eigenvalue weighted by Gasteiger charge is -2.30. The molecular weight excluding hydrogens is 390 g/mol. The molecule has 2 aliphatic carbocycles. The van der Waals surface area contributed by atoms with E-state index in [1.54, 1.807) is 24.3 Å². The monoisotopic (exact) mass is 427 g/mol. The molecule has 1 atom stereocenters. The van der Waals surface area contributed by atoms with Gasteiger partial charge in [0.1, 0.15) is 0 Å². The molecule has 0 aliphatic heterocycles. The number of amides is 3. The Bertz CT molecular complexity index is 724. The molecule has 0 spiro atoms. The van der Waals surface area contributed by atoms with E-state index in [2.05, 4.69) is 16.0 Å². The molecule has 31 heavy (non-hydrogen) atoms. The van der Waals surface area contributed by atoms with Crippen molar-refractivity contribution in [1.82, 2.24) is 16.0 Å². The number of rotatable bonds is 10. The third-order valence-electron chi connectivity index (χ3n) is 6.93. The summed E-state index contributed by atoms with van der Waals surface area (Å²) in [5.74, 6) is 0.780. The van der Waals surface area contributed by atoms with Crippen LogP contribution in [0.4, 0.5) is 0 Å². The Hall–Kier alpha value is -2.37. The van der Waals surface area contributed by atoms with Crippen molar-refractivity contribution in [3.05, 3.63) is 35.4 Å². The van der Waals surface area contributed by atoms with E-state index in [0.717, 1.165) is 31.6 Å². The third kappa shape index (κ3) is 7.37. The van der Waals surface area contributed by atoms with Crippen molar-refractivity contribution in [2.24, 2.45) is 11.8 Å². The Morgan fingerprint density at radius 3 is 2.16 bits per heavy atom. The van der Waals surface area contributed by atoms with Crippen molar-refractivity contribution in [3.8, 4) is 0 Å².